The molecule has 328 valence electrons. The van der Waals surface area contributed by atoms with Crippen molar-refractivity contribution in [2.24, 2.45) is 0 Å². The van der Waals surface area contributed by atoms with Gasteiger partial charge in [0.25, 0.3) is 0 Å². The molecule has 0 unspecified atom stereocenters. The minimum atomic E-state index is 1.09. The van der Waals surface area contributed by atoms with Crippen molar-refractivity contribution in [1.29, 1.82) is 0 Å². The van der Waals surface area contributed by atoms with Crippen LogP contribution in [0.15, 0.2) is 279 Å². The van der Waals surface area contributed by atoms with E-state index in [-0.39, 0.29) is 0 Å². The summed E-state index contributed by atoms with van der Waals surface area (Å²) in [6, 6.07) is 102. The Hall–Kier alpha value is -9.24. The summed E-state index contributed by atoms with van der Waals surface area (Å²) in [4.78, 5) is 2.36. The van der Waals surface area contributed by atoms with Crippen molar-refractivity contribution in [2.75, 3.05) is 4.90 Å². The number of hydrogen-bond donors (Lipinski definition) is 0. The molecule has 0 radical (unpaired) electrons. The lowest BCUT2D eigenvalue weighted by Crippen LogP contribution is -2.09. The van der Waals surface area contributed by atoms with Crippen LogP contribution in [0, 0.1) is 0 Å². The number of nitrogens with zero attached hydrogens (tertiary/aromatic N) is 2. The molecule has 0 aliphatic rings. The molecule has 0 fully saturated rings. The lowest BCUT2D eigenvalue weighted by atomic mass is 9.94. The van der Waals surface area contributed by atoms with Gasteiger partial charge in [0, 0.05) is 33.5 Å². The summed E-state index contributed by atoms with van der Waals surface area (Å²) in [5, 5.41) is 7.55. The van der Waals surface area contributed by atoms with Crippen molar-refractivity contribution in [3.63, 3.8) is 0 Å². The average Bonchev–Trinajstić information content (AvgIpc) is 3.78. The Bertz CT molecular complexity index is 3970. The Balaban J connectivity index is 0.831. The molecule has 0 saturated carbocycles. The van der Waals surface area contributed by atoms with E-state index >= 15 is 0 Å². The van der Waals surface area contributed by atoms with E-state index in [4.69, 9.17) is 0 Å². The van der Waals surface area contributed by atoms with E-state index < -0.39 is 0 Å². The number of rotatable bonds is 9. The minimum Gasteiger partial charge on any atom is -0.311 e. The second-order valence-corrected chi connectivity index (χ2v) is 18.1. The van der Waals surface area contributed by atoms with Crippen LogP contribution in [0.25, 0.3) is 105 Å². The first-order valence-electron chi connectivity index (χ1n) is 24.1. The summed E-state index contributed by atoms with van der Waals surface area (Å²) in [5.41, 5.74) is 18.8. The molecular weight excluding hydrogens is 845 g/mol. The van der Waals surface area contributed by atoms with Crippen LogP contribution in [0.3, 0.4) is 0 Å². The van der Waals surface area contributed by atoms with Gasteiger partial charge in [0.2, 0.25) is 0 Å². The molecule has 1 aromatic heterocycles. The third-order valence-electron chi connectivity index (χ3n) is 14.0. The lowest BCUT2D eigenvalue weighted by Gasteiger charge is -2.26. The van der Waals surface area contributed by atoms with Gasteiger partial charge in [-0.1, -0.05) is 206 Å². The van der Waals surface area contributed by atoms with Crippen molar-refractivity contribution < 1.29 is 0 Å². The Labute approximate surface area is 408 Å². The summed E-state index contributed by atoms with van der Waals surface area (Å²) >= 11 is 0. The molecule has 0 aliphatic heterocycles. The van der Waals surface area contributed by atoms with Crippen LogP contribution in [0.2, 0.25) is 0 Å². The smallest absolute Gasteiger partial charge is 0.0541 e. The summed E-state index contributed by atoms with van der Waals surface area (Å²) in [5.74, 6) is 0. The minimum absolute atomic E-state index is 1.09. The largest absolute Gasteiger partial charge is 0.311 e. The molecule has 0 spiro atoms. The number of benzene rings is 12. The van der Waals surface area contributed by atoms with Crippen molar-refractivity contribution in [3.05, 3.63) is 279 Å². The van der Waals surface area contributed by atoms with Gasteiger partial charge in [-0.05, 0) is 150 Å². The van der Waals surface area contributed by atoms with Crippen molar-refractivity contribution in [3.8, 4) is 61.3 Å². The highest BCUT2D eigenvalue weighted by molar-refractivity contribution is 6.09. The van der Waals surface area contributed by atoms with Crippen LogP contribution < -0.4 is 4.90 Å². The first kappa shape index (κ1) is 41.0. The third-order valence-corrected chi connectivity index (χ3v) is 14.0. The van der Waals surface area contributed by atoms with Gasteiger partial charge in [0.1, 0.15) is 0 Å². The SMILES string of the molecule is c1cc(-c2ccc(N(c3ccc(-c4ccc(-n5c6ccccc6c6ccccc65)cc4)cc3)c3ccc(-c4cccc5ccccc45)cc3)cc2)cc(-c2cccc(-c3cccc4ccccc34)c2)c1. The first-order valence-corrected chi connectivity index (χ1v) is 24.1. The molecule has 0 bridgehead atoms. The van der Waals surface area contributed by atoms with Gasteiger partial charge in [-0.3, -0.25) is 0 Å². The van der Waals surface area contributed by atoms with E-state index in [9.17, 15) is 0 Å². The fourth-order valence-electron chi connectivity index (χ4n) is 10.5. The van der Waals surface area contributed by atoms with Crippen LogP contribution in [-0.2, 0) is 0 Å². The zero-order chi connectivity index (χ0) is 46.4. The monoisotopic (exact) mass is 890 g/mol. The molecular formula is C68H46N2. The average molecular weight is 891 g/mol. The van der Waals surface area contributed by atoms with E-state index in [1.54, 1.807) is 0 Å². The molecule has 0 atom stereocenters. The standard InChI is InChI=1S/C68H46N2/c1-3-21-61-50(13-1)15-11-25-63(61)52-35-43-59(44-36-52)69(57-37-29-47(30-38-57)48-31-41-60(42-32-48)70-67-27-7-5-23-65(67)66-24-6-8-28-68(66)70)58-39-33-49(34-40-58)53-17-9-18-54(45-53)55-19-10-20-56(46-55)64-26-12-16-51-14-2-4-22-62(51)64/h1-46H. The van der Waals surface area contributed by atoms with E-state index in [0.717, 1.165) is 22.7 Å². The van der Waals surface area contributed by atoms with E-state index in [1.807, 2.05) is 0 Å². The maximum Gasteiger partial charge on any atom is 0.0541 e. The van der Waals surface area contributed by atoms with Gasteiger partial charge in [0.15, 0.2) is 0 Å². The molecule has 70 heavy (non-hydrogen) atoms. The highest BCUT2D eigenvalue weighted by Crippen LogP contribution is 2.40. The Morgan fingerprint density at radius 3 is 1.09 bits per heavy atom. The second-order valence-electron chi connectivity index (χ2n) is 18.1. The molecule has 0 saturated heterocycles. The van der Waals surface area contributed by atoms with Crippen LogP contribution in [0.4, 0.5) is 17.1 Å². The highest BCUT2D eigenvalue weighted by Gasteiger charge is 2.16. The topological polar surface area (TPSA) is 8.17 Å². The van der Waals surface area contributed by atoms with Crippen LogP contribution >= 0.6 is 0 Å². The maximum absolute atomic E-state index is 2.37. The van der Waals surface area contributed by atoms with Crippen molar-refractivity contribution in [1.82, 2.24) is 4.57 Å². The summed E-state index contributed by atoms with van der Waals surface area (Å²) in [6.07, 6.45) is 0. The molecule has 1 heterocycles. The fourth-order valence-corrected chi connectivity index (χ4v) is 10.5. The molecule has 12 aromatic carbocycles. The summed E-state index contributed by atoms with van der Waals surface area (Å²) in [7, 11) is 0. The first-order chi connectivity index (χ1) is 34.7. The number of anilines is 3. The van der Waals surface area contributed by atoms with Crippen molar-refractivity contribution >= 4 is 60.4 Å². The van der Waals surface area contributed by atoms with Crippen LogP contribution in [0.5, 0.6) is 0 Å². The molecule has 13 rings (SSSR count). The zero-order valence-electron chi connectivity index (χ0n) is 38.5. The molecule has 0 aliphatic carbocycles. The van der Waals surface area contributed by atoms with E-state index in [1.165, 1.54) is 99.0 Å². The maximum atomic E-state index is 2.37. The number of hydrogen-bond acceptors (Lipinski definition) is 1. The second kappa shape index (κ2) is 17.4. The third kappa shape index (κ3) is 7.40. The van der Waals surface area contributed by atoms with Gasteiger partial charge >= 0.3 is 0 Å². The normalized spacial score (nSPS) is 11.4. The van der Waals surface area contributed by atoms with Crippen LogP contribution in [0.1, 0.15) is 0 Å². The molecule has 2 nitrogen and oxygen atoms in total. The van der Waals surface area contributed by atoms with Gasteiger partial charge in [-0.15, -0.1) is 0 Å². The van der Waals surface area contributed by atoms with E-state index in [0.29, 0.717) is 0 Å². The Morgan fingerprint density at radius 2 is 0.571 bits per heavy atom. The lowest BCUT2D eigenvalue weighted by molar-refractivity contribution is 1.18. The van der Waals surface area contributed by atoms with Crippen LogP contribution in [-0.4, -0.2) is 4.57 Å². The van der Waals surface area contributed by atoms with Crippen molar-refractivity contribution in [2.45, 2.75) is 0 Å². The fraction of sp³-hybridized carbons (Fsp3) is 0. The molecule has 0 N–H and O–H groups in total. The summed E-state index contributed by atoms with van der Waals surface area (Å²) in [6.45, 7) is 0. The Morgan fingerprint density at radius 1 is 0.229 bits per heavy atom. The Kier molecular flexibility index (Phi) is 10.2. The zero-order valence-corrected chi connectivity index (χ0v) is 38.5. The quantitative estimate of drug-likeness (QED) is 0.140. The van der Waals surface area contributed by atoms with Gasteiger partial charge in [-0.25, -0.2) is 0 Å². The van der Waals surface area contributed by atoms with Gasteiger partial charge in [0.05, 0.1) is 11.0 Å². The number of para-hydroxylation sites is 2. The number of fused-ring (bicyclic) bond motifs is 5. The predicted octanol–water partition coefficient (Wildman–Crippen LogP) is 18.9. The molecule has 2 heteroatoms. The summed E-state index contributed by atoms with van der Waals surface area (Å²) < 4.78 is 2.37. The predicted molar refractivity (Wildman–Crippen MR) is 298 cm³/mol. The molecule has 13 aromatic rings. The number of aromatic nitrogens is 1. The van der Waals surface area contributed by atoms with E-state index in [2.05, 4.69) is 289 Å². The van der Waals surface area contributed by atoms with Gasteiger partial charge < -0.3 is 9.47 Å². The molecule has 0 amide bonds. The highest BCUT2D eigenvalue weighted by atomic mass is 15.1. The van der Waals surface area contributed by atoms with Gasteiger partial charge in [-0.2, -0.15) is 0 Å².